The largest absolute Gasteiger partial charge is 0.478 e. The summed E-state index contributed by atoms with van der Waals surface area (Å²) >= 11 is 0. The van der Waals surface area contributed by atoms with Gasteiger partial charge in [0, 0.05) is 12.2 Å². The van der Waals surface area contributed by atoms with Gasteiger partial charge in [0.2, 0.25) is 5.91 Å². The topological polar surface area (TPSA) is 105 Å². The number of rotatable bonds is 4. The van der Waals surface area contributed by atoms with E-state index in [1.54, 1.807) is 0 Å². The van der Waals surface area contributed by atoms with E-state index in [2.05, 4.69) is 10.3 Å². The Hall–Kier alpha value is -1.95. The highest BCUT2D eigenvalue weighted by molar-refractivity contribution is 5.87. The Morgan fingerprint density at radius 2 is 2.15 bits per heavy atom. The van der Waals surface area contributed by atoms with Crippen molar-refractivity contribution >= 4 is 11.9 Å². The molecule has 0 saturated heterocycles. The quantitative estimate of drug-likeness (QED) is 0.758. The van der Waals surface area contributed by atoms with E-state index >= 15 is 0 Å². The van der Waals surface area contributed by atoms with Gasteiger partial charge in [-0.3, -0.25) is 9.78 Å². The minimum atomic E-state index is -1.01. The van der Waals surface area contributed by atoms with Crippen LogP contribution in [0.1, 0.15) is 41.7 Å². The van der Waals surface area contributed by atoms with Gasteiger partial charge in [-0.25, -0.2) is 4.79 Å². The smallest absolute Gasteiger partial charge is 0.335 e. The van der Waals surface area contributed by atoms with Gasteiger partial charge in [-0.1, -0.05) is 12.8 Å². The van der Waals surface area contributed by atoms with E-state index in [1.165, 1.54) is 18.3 Å². The molecule has 20 heavy (non-hydrogen) atoms. The molecular formula is C14H19N3O3. The standard InChI is InChI=1S/C14H19N3O3/c15-12-4-2-1-3-11(12)13(18)17-8-10-7-9(14(19)20)5-6-16-10/h5-7,11-12H,1-4,8,15H2,(H,17,18)(H,19,20). The molecule has 1 aliphatic rings. The Balaban J connectivity index is 1.92. The van der Waals surface area contributed by atoms with Crippen molar-refractivity contribution in [2.45, 2.75) is 38.3 Å². The van der Waals surface area contributed by atoms with E-state index in [0.717, 1.165) is 25.7 Å². The van der Waals surface area contributed by atoms with Crippen LogP contribution in [0.5, 0.6) is 0 Å². The zero-order valence-electron chi connectivity index (χ0n) is 11.2. The number of carboxylic acids is 1. The van der Waals surface area contributed by atoms with E-state index in [-0.39, 0.29) is 30.0 Å². The Morgan fingerprint density at radius 1 is 1.40 bits per heavy atom. The van der Waals surface area contributed by atoms with Crippen LogP contribution in [0.2, 0.25) is 0 Å². The second-order valence-electron chi connectivity index (χ2n) is 5.11. The second-order valence-corrected chi connectivity index (χ2v) is 5.11. The number of carbonyl (C=O) groups excluding carboxylic acids is 1. The molecule has 0 aromatic carbocycles. The van der Waals surface area contributed by atoms with Crippen LogP contribution in [-0.2, 0) is 11.3 Å². The molecule has 108 valence electrons. The third-order valence-electron chi connectivity index (χ3n) is 3.66. The van der Waals surface area contributed by atoms with Crippen molar-refractivity contribution in [1.29, 1.82) is 0 Å². The first-order valence-electron chi connectivity index (χ1n) is 6.79. The van der Waals surface area contributed by atoms with E-state index in [9.17, 15) is 9.59 Å². The zero-order chi connectivity index (χ0) is 14.5. The van der Waals surface area contributed by atoms with Crippen LogP contribution < -0.4 is 11.1 Å². The van der Waals surface area contributed by atoms with Crippen molar-refractivity contribution in [3.8, 4) is 0 Å². The monoisotopic (exact) mass is 277 g/mol. The molecule has 2 atom stereocenters. The van der Waals surface area contributed by atoms with E-state index in [0.29, 0.717) is 5.69 Å². The van der Waals surface area contributed by atoms with Crippen LogP contribution in [0.4, 0.5) is 0 Å². The van der Waals surface area contributed by atoms with Crippen LogP contribution in [0, 0.1) is 5.92 Å². The van der Waals surface area contributed by atoms with Crippen LogP contribution in [-0.4, -0.2) is 28.0 Å². The third-order valence-corrected chi connectivity index (χ3v) is 3.66. The molecule has 1 saturated carbocycles. The number of nitrogens with two attached hydrogens (primary N) is 1. The van der Waals surface area contributed by atoms with Crippen molar-refractivity contribution in [2.75, 3.05) is 0 Å². The lowest BCUT2D eigenvalue weighted by Crippen LogP contribution is -2.43. The summed E-state index contributed by atoms with van der Waals surface area (Å²) in [7, 11) is 0. The maximum absolute atomic E-state index is 12.1. The van der Waals surface area contributed by atoms with Gasteiger partial charge < -0.3 is 16.2 Å². The molecule has 0 radical (unpaired) electrons. The third kappa shape index (κ3) is 3.54. The molecule has 4 N–H and O–H groups in total. The van der Waals surface area contributed by atoms with Crippen molar-refractivity contribution in [3.05, 3.63) is 29.6 Å². The number of carbonyl (C=O) groups is 2. The Morgan fingerprint density at radius 3 is 2.85 bits per heavy atom. The number of aromatic carboxylic acids is 1. The van der Waals surface area contributed by atoms with Crippen molar-refractivity contribution in [1.82, 2.24) is 10.3 Å². The summed E-state index contributed by atoms with van der Waals surface area (Å²) in [6.45, 7) is 0.225. The van der Waals surface area contributed by atoms with Crippen LogP contribution >= 0.6 is 0 Å². The van der Waals surface area contributed by atoms with Gasteiger partial charge in [-0.2, -0.15) is 0 Å². The molecule has 1 heterocycles. The van der Waals surface area contributed by atoms with Gasteiger partial charge in [-0.15, -0.1) is 0 Å². The normalized spacial score (nSPS) is 22.2. The SMILES string of the molecule is NC1CCCCC1C(=O)NCc1cc(C(=O)O)ccn1. The molecular weight excluding hydrogens is 258 g/mol. The van der Waals surface area contributed by atoms with Gasteiger partial charge in [0.15, 0.2) is 0 Å². The fraction of sp³-hybridized carbons (Fsp3) is 0.500. The lowest BCUT2D eigenvalue weighted by Gasteiger charge is -2.27. The van der Waals surface area contributed by atoms with Gasteiger partial charge in [0.25, 0.3) is 0 Å². The molecule has 2 rings (SSSR count). The summed E-state index contributed by atoms with van der Waals surface area (Å²) < 4.78 is 0. The van der Waals surface area contributed by atoms with E-state index in [4.69, 9.17) is 10.8 Å². The minimum absolute atomic E-state index is 0.0697. The van der Waals surface area contributed by atoms with E-state index < -0.39 is 5.97 Å². The number of carboxylic acid groups (broad SMARTS) is 1. The summed E-state index contributed by atoms with van der Waals surface area (Å²) in [5.74, 6) is -1.22. The molecule has 1 aliphatic carbocycles. The van der Waals surface area contributed by atoms with Gasteiger partial charge in [-0.05, 0) is 25.0 Å². The lowest BCUT2D eigenvalue weighted by molar-refractivity contribution is -0.126. The molecule has 1 aromatic rings. The first-order valence-corrected chi connectivity index (χ1v) is 6.79. The van der Waals surface area contributed by atoms with Crippen molar-refractivity contribution in [2.24, 2.45) is 11.7 Å². The predicted molar refractivity (Wildman–Crippen MR) is 73.0 cm³/mol. The Bertz CT molecular complexity index is 504. The van der Waals surface area contributed by atoms with Crippen LogP contribution in [0.25, 0.3) is 0 Å². The fourth-order valence-corrected chi connectivity index (χ4v) is 2.50. The zero-order valence-corrected chi connectivity index (χ0v) is 11.2. The Labute approximate surface area is 117 Å². The highest BCUT2D eigenvalue weighted by Gasteiger charge is 2.27. The highest BCUT2D eigenvalue weighted by Crippen LogP contribution is 2.23. The molecule has 1 aromatic heterocycles. The Kier molecular flexibility index (Phi) is 4.68. The van der Waals surface area contributed by atoms with E-state index in [1.807, 2.05) is 0 Å². The number of hydrogen-bond donors (Lipinski definition) is 3. The maximum Gasteiger partial charge on any atom is 0.335 e. The maximum atomic E-state index is 12.1. The van der Waals surface area contributed by atoms with Gasteiger partial charge in [0.05, 0.1) is 23.7 Å². The summed E-state index contributed by atoms with van der Waals surface area (Å²) in [6, 6.07) is 2.80. The first kappa shape index (κ1) is 14.5. The summed E-state index contributed by atoms with van der Waals surface area (Å²) in [5, 5.41) is 11.7. The summed E-state index contributed by atoms with van der Waals surface area (Å²) in [4.78, 5) is 27.0. The number of amides is 1. The number of nitrogens with zero attached hydrogens (tertiary/aromatic N) is 1. The van der Waals surface area contributed by atoms with Crippen molar-refractivity contribution in [3.63, 3.8) is 0 Å². The summed E-state index contributed by atoms with van der Waals surface area (Å²) in [5.41, 5.74) is 6.65. The molecule has 2 unspecified atom stereocenters. The van der Waals surface area contributed by atoms with Crippen LogP contribution in [0.15, 0.2) is 18.3 Å². The number of pyridine rings is 1. The number of hydrogen-bond acceptors (Lipinski definition) is 4. The lowest BCUT2D eigenvalue weighted by atomic mass is 9.84. The van der Waals surface area contributed by atoms with Crippen molar-refractivity contribution < 1.29 is 14.7 Å². The molecule has 1 fully saturated rings. The summed E-state index contributed by atoms with van der Waals surface area (Å²) in [6.07, 6.45) is 5.23. The molecule has 6 heteroatoms. The molecule has 0 spiro atoms. The molecule has 1 amide bonds. The van der Waals surface area contributed by atoms with Crippen LogP contribution in [0.3, 0.4) is 0 Å². The predicted octanol–water partition coefficient (Wildman–Crippen LogP) is 0.913. The highest BCUT2D eigenvalue weighted by atomic mass is 16.4. The number of aromatic nitrogens is 1. The second kappa shape index (κ2) is 6.47. The average molecular weight is 277 g/mol. The molecule has 0 bridgehead atoms. The van der Waals surface area contributed by atoms with Gasteiger partial charge >= 0.3 is 5.97 Å². The number of nitrogens with one attached hydrogen (secondary N) is 1. The average Bonchev–Trinajstić information content (AvgIpc) is 2.45. The fourth-order valence-electron chi connectivity index (χ4n) is 2.50. The molecule has 0 aliphatic heterocycles. The van der Waals surface area contributed by atoms with Gasteiger partial charge in [0.1, 0.15) is 0 Å². The first-order chi connectivity index (χ1) is 9.58. The minimum Gasteiger partial charge on any atom is -0.478 e. The molecule has 6 nitrogen and oxygen atoms in total.